The Morgan fingerprint density at radius 2 is 1.80 bits per heavy atom. The predicted octanol–water partition coefficient (Wildman–Crippen LogP) is 1.33. The third-order valence-corrected chi connectivity index (χ3v) is 5.21. The molecule has 0 aliphatic heterocycles. The van der Waals surface area contributed by atoms with Crippen molar-refractivity contribution in [2.45, 2.75) is 6.36 Å². The second-order valence-electron chi connectivity index (χ2n) is 3.84. The fourth-order valence-corrected chi connectivity index (χ4v) is 4.22. The molecule has 114 valence electrons. The van der Waals surface area contributed by atoms with Crippen molar-refractivity contribution in [3.63, 3.8) is 0 Å². The average Bonchev–Trinajstić information content (AvgIpc) is 2.09. The third kappa shape index (κ3) is 6.61. The fourth-order valence-electron chi connectivity index (χ4n) is 1.25. The summed E-state index contributed by atoms with van der Waals surface area (Å²) in [6.45, 7) is 0. The molecule has 0 aromatic heterocycles. The summed E-state index contributed by atoms with van der Waals surface area (Å²) in [5.74, 6) is -0.628. The highest BCUT2D eigenvalue weighted by Crippen LogP contribution is 2.25. The van der Waals surface area contributed by atoms with Crippen molar-refractivity contribution < 1.29 is 34.7 Å². The predicted molar refractivity (Wildman–Crippen MR) is 65.4 cm³/mol. The van der Waals surface area contributed by atoms with Crippen molar-refractivity contribution in [1.82, 2.24) is 0 Å². The van der Waals surface area contributed by atoms with Gasteiger partial charge in [-0.3, -0.25) is 4.72 Å². The topological polar surface area (TPSA) is 89.5 Å². The lowest BCUT2D eigenvalue weighted by molar-refractivity contribution is -0.274. The van der Waals surface area contributed by atoms with Crippen LogP contribution >= 0.6 is 0 Å². The van der Waals surface area contributed by atoms with Crippen LogP contribution in [0.4, 0.5) is 18.9 Å². The molecule has 0 aliphatic carbocycles. The summed E-state index contributed by atoms with van der Waals surface area (Å²) < 4.78 is 86.1. The van der Waals surface area contributed by atoms with Gasteiger partial charge in [-0.1, -0.05) is 6.07 Å². The number of hydrogen-bond acceptors (Lipinski definition) is 5. The minimum atomic E-state index is -4.91. The van der Waals surface area contributed by atoms with Crippen LogP contribution in [0.25, 0.3) is 0 Å². The van der Waals surface area contributed by atoms with E-state index in [9.17, 15) is 30.0 Å². The van der Waals surface area contributed by atoms with Gasteiger partial charge >= 0.3 is 6.36 Å². The molecule has 0 fully saturated rings. The lowest BCUT2D eigenvalue weighted by Gasteiger charge is -2.11. The van der Waals surface area contributed by atoms with E-state index in [1.807, 2.05) is 4.72 Å². The van der Waals surface area contributed by atoms with Crippen LogP contribution in [-0.2, 0) is 19.9 Å². The first kappa shape index (κ1) is 16.6. The van der Waals surface area contributed by atoms with Gasteiger partial charge in [0.05, 0.1) is 5.69 Å². The molecule has 0 aliphatic rings. The Hall–Kier alpha value is -1.49. The second kappa shape index (κ2) is 5.48. The fraction of sp³-hybridized carbons (Fsp3) is 0.333. The highest BCUT2D eigenvalue weighted by Gasteiger charge is 2.31. The van der Waals surface area contributed by atoms with Crippen LogP contribution in [0, 0.1) is 0 Å². The number of anilines is 1. The number of sulfonamides is 1. The van der Waals surface area contributed by atoms with Gasteiger partial charge in [-0.15, -0.1) is 13.2 Å². The van der Waals surface area contributed by atoms with E-state index in [0.717, 1.165) is 30.5 Å². The SMILES string of the molecule is CS(=O)(=O)CS(=O)(=O)Nc1cccc(OC(F)(F)F)c1. The monoisotopic (exact) mass is 333 g/mol. The maximum Gasteiger partial charge on any atom is 0.573 e. The Balaban J connectivity index is 2.91. The Labute approximate surface area is 113 Å². The van der Waals surface area contributed by atoms with Crippen LogP contribution < -0.4 is 9.46 Å². The van der Waals surface area contributed by atoms with Crippen molar-refractivity contribution in [3.8, 4) is 5.75 Å². The molecule has 1 N–H and O–H groups in total. The molecule has 0 saturated carbocycles. The third-order valence-electron chi connectivity index (χ3n) is 1.71. The van der Waals surface area contributed by atoms with Crippen LogP contribution in [0.2, 0.25) is 0 Å². The summed E-state index contributed by atoms with van der Waals surface area (Å²) in [5, 5.41) is -1.18. The number of nitrogens with one attached hydrogen (secondary N) is 1. The standard InChI is InChI=1S/C9H10F3NO5S2/c1-19(14,15)6-20(16,17)13-7-3-2-4-8(5-7)18-9(10,11)12/h2-5,13H,6H2,1H3. The zero-order valence-electron chi connectivity index (χ0n) is 10.0. The van der Waals surface area contributed by atoms with Gasteiger partial charge in [0.1, 0.15) is 5.75 Å². The van der Waals surface area contributed by atoms with E-state index in [1.165, 1.54) is 0 Å². The molecule has 0 spiro atoms. The molecule has 0 radical (unpaired) electrons. The molecule has 6 nitrogen and oxygen atoms in total. The van der Waals surface area contributed by atoms with E-state index in [2.05, 4.69) is 4.74 Å². The first-order valence-electron chi connectivity index (χ1n) is 4.90. The number of halogens is 3. The van der Waals surface area contributed by atoms with Gasteiger partial charge in [-0.2, -0.15) is 0 Å². The first-order valence-corrected chi connectivity index (χ1v) is 8.62. The second-order valence-corrected chi connectivity index (χ2v) is 8.06. The summed E-state index contributed by atoms with van der Waals surface area (Å²) in [6, 6.07) is 4.04. The van der Waals surface area contributed by atoms with Crippen molar-refractivity contribution >= 4 is 25.5 Å². The summed E-state index contributed by atoms with van der Waals surface area (Å²) in [7, 11) is -8.03. The molecular weight excluding hydrogens is 323 g/mol. The van der Waals surface area contributed by atoms with Gasteiger partial charge in [-0.25, -0.2) is 16.8 Å². The molecule has 0 bridgehead atoms. The smallest absolute Gasteiger partial charge is 0.406 e. The molecule has 0 saturated heterocycles. The Bertz CT molecular complexity index is 682. The number of ether oxygens (including phenoxy) is 1. The first-order chi connectivity index (χ1) is 8.86. The number of benzene rings is 1. The number of hydrogen-bond donors (Lipinski definition) is 1. The zero-order chi connectivity index (χ0) is 15.6. The molecule has 1 aromatic rings. The van der Waals surface area contributed by atoms with Crippen LogP contribution in [0.5, 0.6) is 5.75 Å². The minimum absolute atomic E-state index is 0.240. The molecule has 0 amide bonds. The normalized spacial score (nSPS) is 13.0. The number of rotatable bonds is 5. The molecule has 1 rings (SSSR count). The molecule has 0 heterocycles. The maximum atomic E-state index is 12.0. The molecule has 1 aromatic carbocycles. The van der Waals surface area contributed by atoms with Crippen molar-refractivity contribution in [2.24, 2.45) is 0 Å². The molecule has 11 heteroatoms. The summed E-state index contributed by atoms with van der Waals surface area (Å²) in [6.07, 6.45) is -4.19. The van der Waals surface area contributed by atoms with Gasteiger partial charge in [0.15, 0.2) is 14.9 Å². The van der Waals surface area contributed by atoms with Crippen LogP contribution in [-0.4, -0.2) is 34.5 Å². The Morgan fingerprint density at radius 1 is 1.20 bits per heavy atom. The van der Waals surface area contributed by atoms with E-state index in [-0.39, 0.29) is 5.69 Å². The Kier molecular flexibility index (Phi) is 4.54. The van der Waals surface area contributed by atoms with E-state index < -0.39 is 37.1 Å². The van der Waals surface area contributed by atoms with Crippen LogP contribution in [0.1, 0.15) is 0 Å². The molecule has 0 atom stereocenters. The Morgan fingerprint density at radius 3 is 2.30 bits per heavy atom. The maximum absolute atomic E-state index is 12.0. The van der Waals surface area contributed by atoms with Crippen molar-refractivity contribution in [3.05, 3.63) is 24.3 Å². The van der Waals surface area contributed by atoms with Gasteiger partial charge < -0.3 is 4.74 Å². The minimum Gasteiger partial charge on any atom is -0.406 e. The quantitative estimate of drug-likeness (QED) is 0.878. The lowest BCUT2D eigenvalue weighted by atomic mass is 10.3. The van der Waals surface area contributed by atoms with Gasteiger partial charge in [-0.05, 0) is 12.1 Å². The van der Waals surface area contributed by atoms with Gasteiger partial charge in [0, 0.05) is 12.3 Å². The van der Waals surface area contributed by atoms with E-state index >= 15 is 0 Å². The van der Waals surface area contributed by atoms with Crippen molar-refractivity contribution in [2.75, 3.05) is 16.1 Å². The van der Waals surface area contributed by atoms with Crippen molar-refractivity contribution in [1.29, 1.82) is 0 Å². The average molecular weight is 333 g/mol. The van der Waals surface area contributed by atoms with Gasteiger partial charge in [0.2, 0.25) is 10.0 Å². The summed E-state index contributed by atoms with van der Waals surface area (Å²) >= 11 is 0. The lowest BCUT2D eigenvalue weighted by Crippen LogP contribution is -2.22. The highest BCUT2D eigenvalue weighted by atomic mass is 32.3. The van der Waals surface area contributed by atoms with Gasteiger partial charge in [0.25, 0.3) is 0 Å². The summed E-state index contributed by atoms with van der Waals surface area (Å²) in [5.41, 5.74) is -0.240. The summed E-state index contributed by atoms with van der Waals surface area (Å²) in [4.78, 5) is 0. The van der Waals surface area contributed by atoms with Crippen LogP contribution in [0.3, 0.4) is 0 Å². The molecule has 20 heavy (non-hydrogen) atoms. The highest BCUT2D eigenvalue weighted by molar-refractivity contribution is 8.08. The van der Waals surface area contributed by atoms with E-state index in [0.29, 0.717) is 0 Å². The van der Waals surface area contributed by atoms with E-state index in [4.69, 9.17) is 0 Å². The zero-order valence-corrected chi connectivity index (χ0v) is 11.6. The largest absolute Gasteiger partial charge is 0.573 e. The number of sulfone groups is 1. The number of alkyl halides is 3. The molecule has 0 unspecified atom stereocenters. The van der Waals surface area contributed by atoms with E-state index in [1.54, 1.807) is 0 Å². The molecular formula is C9H10F3NO5S2. The van der Waals surface area contributed by atoms with Crippen LogP contribution in [0.15, 0.2) is 24.3 Å².